The second-order valence-electron chi connectivity index (χ2n) is 9.78. The average molecular weight is 578 g/mol. The van der Waals surface area contributed by atoms with Gasteiger partial charge in [0.15, 0.2) is 0 Å². The number of thiazole rings is 1. The Morgan fingerprint density at radius 1 is 1.13 bits per heavy atom. The Morgan fingerprint density at radius 3 is 2.38 bits per heavy atom. The van der Waals surface area contributed by atoms with Crippen molar-refractivity contribution < 1.29 is 33.3 Å². The van der Waals surface area contributed by atoms with E-state index in [0.717, 1.165) is 20.6 Å². The van der Waals surface area contributed by atoms with Gasteiger partial charge in [0.1, 0.15) is 18.1 Å². The van der Waals surface area contributed by atoms with Crippen LogP contribution in [0, 0.1) is 19.8 Å². The van der Waals surface area contributed by atoms with Crippen molar-refractivity contribution in [3.63, 3.8) is 0 Å². The lowest BCUT2D eigenvalue weighted by Gasteiger charge is -2.30. The third kappa shape index (κ3) is 8.65. The molecule has 10 nitrogen and oxygen atoms in total. The van der Waals surface area contributed by atoms with Crippen LogP contribution >= 0.6 is 11.3 Å². The maximum atomic E-state index is 13.5. The first-order valence-electron chi connectivity index (χ1n) is 12.4. The zero-order valence-electron chi connectivity index (χ0n) is 22.4. The topological polar surface area (TPSA) is 149 Å². The first-order chi connectivity index (χ1) is 18.3. The van der Waals surface area contributed by atoms with Gasteiger partial charge in [-0.2, -0.15) is 4.31 Å². The van der Waals surface area contributed by atoms with Crippen LogP contribution in [0.2, 0.25) is 0 Å². The van der Waals surface area contributed by atoms with Crippen molar-refractivity contribution in [2.24, 2.45) is 5.92 Å². The molecule has 0 radical (unpaired) electrons. The van der Waals surface area contributed by atoms with Crippen LogP contribution in [0.25, 0.3) is 0 Å². The fourth-order valence-corrected chi connectivity index (χ4v) is 6.31. The van der Waals surface area contributed by atoms with Crippen molar-refractivity contribution in [2.45, 2.75) is 57.8 Å². The monoisotopic (exact) mass is 577 g/mol. The predicted octanol–water partition coefficient (Wildman–Crippen LogP) is 3.93. The van der Waals surface area contributed by atoms with Crippen LogP contribution in [0.1, 0.15) is 35.7 Å². The number of sulfonamides is 1. The summed E-state index contributed by atoms with van der Waals surface area (Å²) < 4.78 is 33.8. The Hall–Kier alpha value is -3.19. The number of aliphatic hydroxyl groups is 1. The molecule has 1 amide bonds. The van der Waals surface area contributed by atoms with E-state index in [1.165, 1.54) is 18.2 Å². The van der Waals surface area contributed by atoms with Gasteiger partial charge in [0, 0.05) is 18.5 Å². The maximum Gasteiger partial charge on any atom is 0.404 e. The third-order valence-electron chi connectivity index (χ3n) is 5.97. The fraction of sp³-hybridized carbons (Fsp3) is 0.407. The number of nitrogens with zero attached hydrogens (tertiary/aromatic N) is 2. The largest absolute Gasteiger partial charge is 0.508 e. The normalized spacial score (nSPS) is 13.4. The molecule has 4 N–H and O–H groups in total. The van der Waals surface area contributed by atoms with Gasteiger partial charge in [-0.3, -0.25) is 0 Å². The van der Waals surface area contributed by atoms with Crippen molar-refractivity contribution in [3.05, 3.63) is 69.7 Å². The highest BCUT2D eigenvalue weighted by molar-refractivity contribution is 7.89. The highest BCUT2D eigenvalue weighted by Crippen LogP contribution is 2.24. The van der Waals surface area contributed by atoms with E-state index in [-0.39, 0.29) is 36.1 Å². The summed E-state index contributed by atoms with van der Waals surface area (Å²) >= 11 is 1.54. The van der Waals surface area contributed by atoms with Crippen molar-refractivity contribution in [1.82, 2.24) is 14.6 Å². The van der Waals surface area contributed by atoms with Crippen LogP contribution in [0.3, 0.4) is 0 Å². The molecule has 0 bridgehead atoms. The van der Waals surface area contributed by atoms with E-state index in [9.17, 15) is 28.5 Å². The number of hydrogen-bond donors (Lipinski definition) is 4. The molecule has 2 aromatic carbocycles. The van der Waals surface area contributed by atoms with Crippen molar-refractivity contribution in [3.8, 4) is 11.5 Å². The number of aryl methyl sites for hydroxylation is 2. The molecule has 0 saturated heterocycles. The van der Waals surface area contributed by atoms with Crippen LogP contribution in [-0.2, 0) is 23.1 Å². The Kier molecular flexibility index (Phi) is 10.3. The van der Waals surface area contributed by atoms with Gasteiger partial charge in [-0.05, 0) is 67.6 Å². The fourth-order valence-electron chi connectivity index (χ4n) is 4.00. The van der Waals surface area contributed by atoms with Gasteiger partial charge < -0.3 is 25.4 Å². The number of aromatic nitrogens is 1. The number of nitrogens with one attached hydrogen (secondary N) is 1. The van der Waals surface area contributed by atoms with Gasteiger partial charge in [-0.1, -0.05) is 26.0 Å². The highest BCUT2D eigenvalue weighted by atomic mass is 32.2. The molecule has 0 aliphatic rings. The molecule has 3 rings (SSSR count). The summed E-state index contributed by atoms with van der Waals surface area (Å²) in [5.74, 6) is 0.535. The van der Waals surface area contributed by atoms with Crippen LogP contribution in [0.4, 0.5) is 4.79 Å². The van der Waals surface area contributed by atoms with Gasteiger partial charge in [-0.25, -0.2) is 18.2 Å². The predicted molar refractivity (Wildman–Crippen MR) is 149 cm³/mol. The van der Waals surface area contributed by atoms with Gasteiger partial charge in [-0.15, -0.1) is 11.3 Å². The number of phenolic OH excluding ortho intramolecular Hbond substituents is 1. The summed E-state index contributed by atoms with van der Waals surface area (Å²) in [5.41, 5.74) is 1.97. The number of aliphatic hydroxyl groups excluding tert-OH is 1. The summed E-state index contributed by atoms with van der Waals surface area (Å²) in [7, 11) is -4.03. The Labute approximate surface area is 233 Å². The number of aromatic hydroxyl groups is 1. The van der Waals surface area contributed by atoms with Crippen LogP contribution in [-0.4, -0.2) is 64.4 Å². The summed E-state index contributed by atoms with van der Waals surface area (Å²) in [6, 6.07) is 10.1. The molecule has 1 aromatic heterocycles. The summed E-state index contributed by atoms with van der Waals surface area (Å²) in [6.07, 6.45) is -2.53. The van der Waals surface area contributed by atoms with Gasteiger partial charge in [0.2, 0.25) is 10.0 Å². The molecule has 212 valence electrons. The van der Waals surface area contributed by atoms with E-state index in [4.69, 9.17) is 4.74 Å². The van der Waals surface area contributed by atoms with Crippen LogP contribution in [0.5, 0.6) is 11.5 Å². The summed E-state index contributed by atoms with van der Waals surface area (Å²) in [4.78, 5) is 15.9. The third-order valence-corrected chi connectivity index (χ3v) is 8.62. The lowest BCUT2D eigenvalue weighted by Crippen LogP contribution is -2.50. The average Bonchev–Trinajstić information content (AvgIpc) is 3.28. The minimum atomic E-state index is -4.03. The maximum absolute atomic E-state index is 13.5. The lowest BCUT2D eigenvalue weighted by atomic mass is 10.0. The number of carboxylic acid groups (broad SMARTS) is 1. The summed E-state index contributed by atoms with van der Waals surface area (Å²) in [6.45, 7) is 7.34. The number of amides is 1. The second kappa shape index (κ2) is 13.2. The minimum absolute atomic E-state index is 0.0169. The highest BCUT2D eigenvalue weighted by Gasteiger charge is 2.31. The van der Waals surface area contributed by atoms with Crippen LogP contribution < -0.4 is 10.1 Å². The standard InChI is InChI=1S/C27H35N3O7S2/c1-17(2)13-30(39(35,36)23-9-10-25(31)18(3)11-23)14-26(32)24(29-27(33)34)12-20-5-7-22(8-6-20)37-15-21-16-38-19(4)28-21/h5-11,16-17,24,26,29,31-32H,12-15H2,1-4H3,(H,33,34)/t24-,26+/m0/s1. The zero-order valence-corrected chi connectivity index (χ0v) is 24.0. The molecule has 3 aromatic rings. The first-order valence-corrected chi connectivity index (χ1v) is 14.8. The van der Waals surface area contributed by atoms with E-state index in [1.807, 2.05) is 26.2 Å². The first kappa shape index (κ1) is 30.4. The van der Waals surface area contributed by atoms with Gasteiger partial charge in [0.25, 0.3) is 0 Å². The van der Waals surface area contributed by atoms with E-state index in [0.29, 0.717) is 17.9 Å². The number of phenols is 1. The summed E-state index contributed by atoms with van der Waals surface area (Å²) in [5, 5.41) is 35.5. The molecule has 0 spiro atoms. The molecule has 0 aliphatic carbocycles. The van der Waals surface area contributed by atoms with E-state index < -0.39 is 28.3 Å². The van der Waals surface area contributed by atoms with Crippen LogP contribution in [0.15, 0.2) is 52.7 Å². The molecule has 1 heterocycles. The van der Waals surface area contributed by atoms with Crippen molar-refractivity contribution in [2.75, 3.05) is 13.1 Å². The number of ether oxygens (including phenoxy) is 1. The quantitative estimate of drug-likeness (QED) is 0.239. The van der Waals surface area contributed by atoms with E-state index >= 15 is 0 Å². The number of hydrogen-bond acceptors (Lipinski definition) is 8. The van der Waals surface area contributed by atoms with E-state index in [1.54, 1.807) is 42.5 Å². The Bertz CT molecular complexity index is 1360. The minimum Gasteiger partial charge on any atom is -0.508 e. The SMILES string of the molecule is Cc1nc(COc2ccc(C[C@H](NC(=O)O)[C@H](O)CN(CC(C)C)S(=O)(=O)c3ccc(O)c(C)c3)cc2)cs1. The lowest BCUT2D eigenvalue weighted by molar-refractivity contribution is 0.0980. The molecule has 2 atom stereocenters. The molecule has 0 saturated carbocycles. The molecule has 0 unspecified atom stereocenters. The van der Waals surface area contributed by atoms with E-state index in [2.05, 4.69) is 10.3 Å². The molecular formula is C27H35N3O7S2. The molecule has 0 aliphatic heterocycles. The van der Waals surface area contributed by atoms with Crippen molar-refractivity contribution >= 4 is 27.5 Å². The van der Waals surface area contributed by atoms with Gasteiger partial charge >= 0.3 is 6.09 Å². The molecule has 39 heavy (non-hydrogen) atoms. The molecule has 12 heteroatoms. The number of rotatable bonds is 13. The molecular weight excluding hydrogens is 542 g/mol. The Balaban J connectivity index is 1.74. The second-order valence-corrected chi connectivity index (χ2v) is 12.8. The van der Waals surface area contributed by atoms with Gasteiger partial charge in [0.05, 0.1) is 27.7 Å². The number of carbonyl (C=O) groups is 1. The zero-order chi connectivity index (χ0) is 28.7. The number of benzene rings is 2. The molecule has 0 fully saturated rings. The smallest absolute Gasteiger partial charge is 0.404 e. The van der Waals surface area contributed by atoms with Crippen molar-refractivity contribution in [1.29, 1.82) is 0 Å². The Morgan fingerprint density at radius 2 is 1.82 bits per heavy atom.